The summed E-state index contributed by atoms with van der Waals surface area (Å²) in [6.45, 7) is 2.54. The van der Waals surface area contributed by atoms with Crippen molar-refractivity contribution in [1.82, 2.24) is 0 Å². The molecule has 1 unspecified atom stereocenters. The molecule has 0 saturated heterocycles. The van der Waals surface area contributed by atoms with Gasteiger partial charge in [-0.1, -0.05) is 5.92 Å². The van der Waals surface area contributed by atoms with E-state index in [-0.39, 0.29) is 12.2 Å². The maximum absolute atomic E-state index is 10.6. The van der Waals surface area contributed by atoms with Crippen molar-refractivity contribution < 1.29 is 24.1 Å². The lowest BCUT2D eigenvalue weighted by atomic mass is 9.48. The van der Waals surface area contributed by atoms with Crippen LogP contribution >= 0.6 is 0 Å². The predicted octanol–water partition coefficient (Wildman–Crippen LogP) is 4.21. The minimum Gasteiger partial charge on any atom is -0.492 e. The fourth-order valence-corrected chi connectivity index (χ4v) is 6.50. The number of benzene rings is 1. The van der Waals surface area contributed by atoms with Crippen molar-refractivity contribution >= 4 is 0 Å². The van der Waals surface area contributed by atoms with E-state index < -0.39 is 6.10 Å². The number of methoxy groups -OCH3 is 2. The highest BCUT2D eigenvalue weighted by atomic mass is 16.7. The van der Waals surface area contributed by atoms with Crippen LogP contribution in [0, 0.1) is 30.1 Å². The van der Waals surface area contributed by atoms with E-state index in [1.165, 1.54) is 38.5 Å². The molecule has 158 valence electrons. The van der Waals surface area contributed by atoms with Gasteiger partial charge in [-0.15, -0.1) is 6.42 Å². The average Bonchev–Trinajstić information content (AvgIpc) is 2.71. The van der Waals surface area contributed by atoms with Crippen LogP contribution in [0.25, 0.3) is 0 Å². The minimum atomic E-state index is -1.07. The van der Waals surface area contributed by atoms with Gasteiger partial charge in [-0.05, 0) is 74.7 Å². The number of ether oxygens (including phenoxy) is 4. The Bertz CT molecular complexity index is 758. The first-order chi connectivity index (χ1) is 14.0. The Kier molecular flexibility index (Phi) is 5.68. The standard InChI is InChI=1S/C24H32O5/c1-5-20(25)18-10-19(22(27-4)23(21(18)26-3)29-14-28-6-2)24-11-15-7-16(12-24)9-17(8-15)13-24/h1,10,15-17,20,25H,6-9,11-14H2,2-4H3. The predicted molar refractivity (Wildman–Crippen MR) is 110 cm³/mol. The van der Waals surface area contributed by atoms with Gasteiger partial charge in [0.15, 0.2) is 18.3 Å². The van der Waals surface area contributed by atoms with Crippen molar-refractivity contribution in [3.63, 3.8) is 0 Å². The molecule has 0 amide bonds. The molecular weight excluding hydrogens is 368 g/mol. The van der Waals surface area contributed by atoms with E-state index in [2.05, 4.69) is 5.92 Å². The third kappa shape index (κ3) is 3.47. The van der Waals surface area contributed by atoms with E-state index in [9.17, 15) is 5.11 Å². The molecule has 0 aromatic heterocycles. The second-order valence-corrected chi connectivity index (χ2v) is 8.93. The highest BCUT2D eigenvalue weighted by molar-refractivity contribution is 5.63. The van der Waals surface area contributed by atoms with Crippen LogP contribution in [0.5, 0.6) is 17.2 Å². The summed E-state index contributed by atoms with van der Waals surface area (Å²) < 4.78 is 22.9. The summed E-state index contributed by atoms with van der Waals surface area (Å²) in [6, 6.07) is 2.02. The van der Waals surface area contributed by atoms with E-state index in [0.29, 0.717) is 29.4 Å². The molecule has 29 heavy (non-hydrogen) atoms. The van der Waals surface area contributed by atoms with Crippen LogP contribution < -0.4 is 14.2 Å². The molecule has 1 aromatic rings. The zero-order valence-corrected chi connectivity index (χ0v) is 17.7. The number of terminal acetylenes is 1. The van der Waals surface area contributed by atoms with Gasteiger partial charge in [-0.3, -0.25) is 0 Å². The van der Waals surface area contributed by atoms with Crippen LogP contribution in [0.1, 0.15) is 62.7 Å². The lowest BCUT2D eigenvalue weighted by Crippen LogP contribution is -2.48. The van der Waals surface area contributed by atoms with Crippen molar-refractivity contribution in [2.24, 2.45) is 17.8 Å². The summed E-state index contributed by atoms with van der Waals surface area (Å²) in [5.41, 5.74) is 1.72. The summed E-state index contributed by atoms with van der Waals surface area (Å²) in [7, 11) is 3.23. The minimum absolute atomic E-state index is 0.0547. The number of aliphatic hydroxyl groups excluding tert-OH is 1. The van der Waals surface area contributed by atoms with E-state index in [1.54, 1.807) is 14.2 Å². The van der Waals surface area contributed by atoms with Crippen molar-refractivity contribution in [3.05, 3.63) is 17.2 Å². The Labute approximate surface area is 173 Å². The van der Waals surface area contributed by atoms with Crippen LogP contribution in [0.15, 0.2) is 6.07 Å². The van der Waals surface area contributed by atoms with E-state index in [1.807, 2.05) is 13.0 Å². The van der Waals surface area contributed by atoms with Crippen LogP contribution in [0.3, 0.4) is 0 Å². The molecule has 4 bridgehead atoms. The van der Waals surface area contributed by atoms with Gasteiger partial charge in [0.25, 0.3) is 0 Å². The van der Waals surface area contributed by atoms with Gasteiger partial charge in [0.05, 0.1) is 14.2 Å². The largest absolute Gasteiger partial charge is 0.492 e. The van der Waals surface area contributed by atoms with Gasteiger partial charge in [0.1, 0.15) is 6.10 Å². The van der Waals surface area contributed by atoms with Crippen molar-refractivity contribution in [3.8, 4) is 29.6 Å². The first-order valence-electron chi connectivity index (χ1n) is 10.7. The Morgan fingerprint density at radius 3 is 2.14 bits per heavy atom. The summed E-state index contributed by atoms with van der Waals surface area (Å²) in [4.78, 5) is 0. The molecule has 5 nitrogen and oxygen atoms in total. The third-order valence-electron chi connectivity index (χ3n) is 7.18. The van der Waals surface area contributed by atoms with Crippen LogP contribution in [-0.2, 0) is 10.2 Å². The fraction of sp³-hybridized carbons (Fsp3) is 0.667. The molecule has 4 fully saturated rings. The number of aliphatic hydroxyl groups is 1. The maximum Gasteiger partial charge on any atom is 0.206 e. The quantitative estimate of drug-likeness (QED) is 0.402. The molecule has 4 aliphatic carbocycles. The van der Waals surface area contributed by atoms with Crippen molar-refractivity contribution in [1.29, 1.82) is 0 Å². The zero-order chi connectivity index (χ0) is 20.6. The summed E-state index contributed by atoms with van der Waals surface area (Å²) in [6.07, 6.45) is 12.1. The van der Waals surface area contributed by atoms with E-state index >= 15 is 0 Å². The molecule has 4 aliphatic rings. The highest BCUT2D eigenvalue weighted by Crippen LogP contribution is 2.63. The van der Waals surface area contributed by atoms with Gasteiger partial charge in [0, 0.05) is 17.7 Å². The molecule has 1 N–H and O–H groups in total. The Balaban J connectivity index is 1.86. The smallest absolute Gasteiger partial charge is 0.206 e. The van der Waals surface area contributed by atoms with E-state index in [0.717, 1.165) is 23.3 Å². The highest BCUT2D eigenvalue weighted by Gasteiger charge is 2.53. The van der Waals surface area contributed by atoms with Gasteiger partial charge >= 0.3 is 0 Å². The van der Waals surface area contributed by atoms with Crippen LogP contribution in [0.4, 0.5) is 0 Å². The normalized spacial score (nSPS) is 30.7. The maximum atomic E-state index is 10.6. The lowest BCUT2D eigenvalue weighted by Gasteiger charge is -2.57. The second kappa shape index (κ2) is 8.08. The Morgan fingerprint density at radius 1 is 1.07 bits per heavy atom. The third-order valence-corrected chi connectivity index (χ3v) is 7.18. The van der Waals surface area contributed by atoms with Crippen LogP contribution in [0.2, 0.25) is 0 Å². The number of rotatable bonds is 8. The SMILES string of the molecule is C#CC(O)c1cc(C23CC4CC(CC(C4)C2)C3)c(OC)c(OCOCC)c1OC. The zero-order valence-electron chi connectivity index (χ0n) is 17.7. The molecule has 5 heteroatoms. The summed E-state index contributed by atoms with van der Waals surface area (Å²) >= 11 is 0. The van der Waals surface area contributed by atoms with Gasteiger partial charge < -0.3 is 24.1 Å². The first-order valence-corrected chi connectivity index (χ1v) is 10.7. The number of hydrogen-bond donors (Lipinski definition) is 1. The van der Waals surface area contributed by atoms with Crippen molar-refractivity contribution in [2.75, 3.05) is 27.6 Å². The average molecular weight is 401 g/mol. The summed E-state index contributed by atoms with van der Waals surface area (Å²) in [5, 5.41) is 10.6. The topological polar surface area (TPSA) is 57.2 Å². The first kappa shape index (κ1) is 20.4. The van der Waals surface area contributed by atoms with Gasteiger partial charge in [-0.2, -0.15) is 0 Å². The molecule has 0 radical (unpaired) electrons. The molecule has 0 heterocycles. The second-order valence-electron chi connectivity index (χ2n) is 8.93. The monoisotopic (exact) mass is 400 g/mol. The molecular formula is C24H32O5. The lowest BCUT2D eigenvalue weighted by molar-refractivity contribution is -0.00737. The molecule has 5 rings (SSSR count). The summed E-state index contributed by atoms with van der Waals surface area (Å²) in [5.74, 6) is 6.36. The van der Waals surface area contributed by atoms with Gasteiger partial charge in [-0.25, -0.2) is 0 Å². The molecule has 4 saturated carbocycles. The van der Waals surface area contributed by atoms with Crippen molar-refractivity contribution in [2.45, 2.75) is 57.0 Å². The number of hydrogen-bond acceptors (Lipinski definition) is 5. The molecule has 0 aliphatic heterocycles. The van der Waals surface area contributed by atoms with Gasteiger partial charge in [0.2, 0.25) is 5.75 Å². The molecule has 0 spiro atoms. The Hall–Kier alpha value is -1.90. The van der Waals surface area contributed by atoms with E-state index in [4.69, 9.17) is 25.4 Å². The fourth-order valence-electron chi connectivity index (χ4n) is 6.50. The van der Waals surface area contributed by atoms with Crippen LogP contribution in [-0.4, -0.2) is 32.7 Å². The Morgan fingerprint density at radius 2 is 1.66 bits per heavy atom. The molecule has 1 atom stereocenters. The molecule has 1 aromatic carbocycles.